The molecule has 0 aromatic carbocycles. The van der Waals surface area contributed by atoms with Gasteiger partial charge in [0, 0.05) is 10.8 Å². The number of carboxylic acid groups (broad SMARTS) is 1. The molecule has 0 aromatic rings. The summed E-state index contributed by atoms with van der Waals surface area (Å²) in [6, 6.07) is 0. The molecule has 0 saturated carbocycles. The van der Waals surface area contributed by atoms with Gasteiger partial charge in [0.05, 0.1) is 0 Å². The Morgan fingerprint density at radius 2 is 1.06 bits per heavy atom. The van der Waals surface area contributed by atoms with Crippen LogP contribution in [-0.4, -0.2) is 11.1 Å². The summed E-state index contributed by atoms with van der Waals surface area (Å²) in [6.45, 7) is 10.0. The van der Waals surface area contributed by atoms with Gasteiger partial charge in [-0.1, -0.05) is 64.2 Å². The first-order valence-corrected chi connectivity index (χ1v) is 5.91. The molecule has 1 unspecified atom stereocenters. The van der Waals surface area contributed by atoms with Gasteiger partial charge < -0.3 is 5.11 Å². The molecule has 94 valence electrons. The molecule has 1 aliphatic rings. The van der Waals surface area contributed by atoms with Crippen LogP contribution in [0.2, 0.25) is 0 Å². The van der Waals surface area contributed by atoms with E-state index < -0.39 is 11.4 Å². The average Bonchev–Trinajstić information content (AvgIpc) is 2.24. The van der Waals surface area contributed by atoms with Crippen molar-refractivity contribution in [3.8, 4) is 0 Å². The summed E-state index contributed by atoms with van der Waals surface area (Å²) in [4.78, 5) is 11.4. The fraction of sp³-hybridized carbons (Fsp3) is 0.533. The van der Waals surface area contributed by atoms with Gasteiger partial charge in [0.2, 0.25) is 0 Å². The molecular weight excluding hydrogens is 212 g/mol. The molecule has 0 radical (unpaired) electrons. The van der Waals surface area contributed by atoms with Crippen molar-refractivity contribution in [2.24, 2.45) is 16.2 Å². The van der Waals surface area contributed by atoms with E-state index >= 15 is 0 Å². The molecule has 0 spiro atoms. The molecule has 1 aliphatic carbocycles. The second-order valence-electron chi connectivity index (χ2n) is 6.23. The van der Waals surface area contributed by atoms with Crippen molar-refractivity contribution >= 4 is 5.97 Å². The van der Waals surface area contributed by atoms with Crippen LogP contribution < -0.4 is 0 Å². The standard InChI is InChI=1S/C15H22O2/c1-13(2)6-7-14(3,4)9-11-15(5,10-8-13)12(16)17/h6-11H,1-5H3,(H,16,17)/b7-6-,10-8-,11-9?. The van der Waals surface area contributed by atoms with Crippen molar-refractivity contribution in [1.82, 2.24) is 0 Å². The Kier molecular flexibility index (Phi) is 3.37. The maximum Gasteiger partial charge on any atom is 0.317 e. The number of hydrogen-bond acceptors (Lipinski definition) is 1. The molecule has 1 N–H and O–H groups in total. The Balaban J connectivity index is 3.28. The Bertz CT molecular complexity index is 367. The SMILES string of the molecule is CC1(C)C=CC(C)(C(=O)O)/C=C\C(C)(C)/C=C\1. The first kappa shape index (κ1) is 13.8. The number of carbonyl (C=O) groups is 1. The number of hydrogen-bond donors (Lipinski definition) is 1. The highest BCUT2D eigenvalue weighted by atomic mass is 16.4. The lowest BCUT2D eigenvalue weighted by molar-refractivity contribution is -0.142. The van der Waals surface area contributed by atoms with Gasteiger partial charge in [-0.05, 0) is 6.92 Å². The van der Waals surface area contributed by atoms with E-state index in [0.717, 1.165) is 0 Å². The second-order valence-corrected chi connectivity index (χ2v) is 6.23. The van der Waals surface area contributed by atoms with E-state index in [0.29, 0.717) is 0 Å². The van der Waals surface area contributed by atoms with E-state index in [1.54, 1.807) is 19.1 Å². The Hall–Kier alpha value is -1.31. The van der Waals surface area contributed by atoms with Gasteiger partial charge in [-0.25, -0.2) is 0 Å². The van der Waals surface area contributed by atoms with E-state index in [1.807, 2.05) is 12.2 Å². The van der Waals surface area contributed by atoms with Gasteiger partial charge in [0.15, 0.2) is 0 Å². The third kappa shape index (κ3) is 3.58. The average molecular weight is 234 g/mol. The highest BCUT2D eigenvalue weighted by molar-refractivity contribution is 5.79. The van der Waals surface area contributed by atoms with E-state index in [9.17, 15) is 9.90 Å². The molecule has 1 rings (SSSR count). The maximum atomic E-state index is 11.4. The Labute approximate surface area is 104 Å². The molecule has 0 fully saturated rings. The second kappa shape index (κ2) is 4.17. The van der Waals surface area contributed by atoms with Crippen molar-refractivity contribution in [3.63, 3.8) is 0 Å². The summed E-state index contributed by atoms with van der Waals surface area (Å²) in [7, 11) is 0. The molecule has 0 aliphatic heterocycles. The van der Waals surface area contributed by atoms with Crippen LogP contribution in [0.25, 0.3) is 0 Å². The molecule has 0 amide bonds. The van der Waals surface area contributed by atoms with Crippen LogP contribution >= 0.6 is 0 Å². The first-order valence-electron chi connectivity index (χ1n) is 5.91. The zero-order valence-electron chi connectivity index (χ0n) is 11.3. The van der Waals surface area contributed by atoms with Crippen LogP contribution in [0.1, 0.15) is 34.6 Å². The molecule has 2 nitrogen and oxygen atoms in total. The van der Waals surface area contributed by atoms with Crippen molar-refractivity contribution in [1.29, 1.82) is 0 Å². The lowest BCUT2D eigenvalue weighted by Crippen LogP contribution is -2.23. The predicted octanol–water partition coefficient (Wildman–Crippen LogP) is 3.81. The van der Waals surface area contributed by atoms with Crippen molar-refractivity contribution in [3.05, 3.63) is 36.5 Å². The van der Waals surface area contributed by atoms with E-state index in [1.165, 1.54) is 0 Å². The minimum Gasteiger partial charge on any atom is -0.480 e. The molecule has 1 atom stereocenters. The maximum absolute atomic E-state index is 11.4. The lowest BCUT2D eigenvalue weighted by atomic mass is 9.85. The smallest absolute Gasteiger partial charge is 0.317 e. The molecule has 0 bridgehead atoms. The molecule has 2 heteroatoms. The topological polar surface area (TPSA) is 37.3 Å². The highest BCUT2D eigenvalue weighted by Crippen LogP contribution is 2.32. The molecule has 17 heavy (non-hydrogen) atoms. The fourth-order valence-electron chi connectivity index (χ4n) is 1.51. The predicted molar refractivity (Wildman–Crippen MR) is 70.7 cm³/mol. The van der Waals surface area contributed by atoms with Crippen LogP contribution in [0, 0.1) is 16.2 Å². The summed E-state index contributed by atoms with van der Waals surface area (Å²) in [6.07, 6.45) is 11.7. The normalized spacial score (nSPS) is 34.2. The molecular formula is C15H22O2. The van der Waals surface area contributed by atoms with E-state index in [-0.39, 0.29) is 10.8 Å². The quantitative estimate of drug-likeness (QED) is 0.700. The summed E-state index contributed by atoms with van der Waals surface area (Å²) in [5.74, 6) is -0.821. The van der Waals surface area contributed by atoms with Crippen LogP contribution in [-0.2, 0) is 4.79 Å². The highest BCUT2D eigenvalue weighted by Gasteiger charge is 2.29. The third-order valence-corrected chi connectivity index (χ3v) is 3.12. The summed E-state index contributed by atoms with van der Waals surface area (Å²) in [5, 5.41) is 9.32. The van der Waals surface area contributed by atoms with Gasteiger partial charge >= 0.3 is 5.97 Å². The Morgan fingerprint density at radius 1 is 0.765 bits per heavy atom. The summed E-state index contributed by atoms with van der Waals surface area (Å²) in [5.41, 5.74) is -1.18. The largest absolute Gasteiger partial charge is 0.480 e. The lowest BCUT2D eigenvalue weighted by Gasteiger charge is -2.19. The van der Waals surface area contributed by atoms with Gasteiger partial charge in [0.1, 0.15) is 5.41 Å². The van der Waals surface area contributed by atoms with Gasteiger partial charge in [0.25, 0.3) is 0 Å². The van der Waals surface area contributed by atoms with Crippen LogP contribution in [0.15, 0.2) is 36.5 Å². The zero-order valence-corrected chi connectivity index (χ0v) is 11.3. The Morgan fingerprint density at radius 3 is 1.35 bits per heavy atom. The van der Waals surface area contributed by atoms with Gasteiger partial charge in [-0.3, -0.25) is 4.79 Å². The minimum atomic E-state index is -0.930. The molecule has 0 saturated heterocycles. The minimum absolute atomic E-state index is 0.125. The number of rotatable bonds is 1. The number of aliphatic carboxylic acids is 1. The van der Waals surface area contributed by atoms with Crippen LogP contribution in [0.3, 0.4) is 0 Å². The van der Waals surface area contributed by atoms with E-state index in [4.69, 9.17) is 0 Å². The molecule has 0 aromatic heterocycles. The van der Waals surface area contributed by atoms with Gasteiger partial charge in [-0.15, -0.1) is 0 Å². The summed E-state index contributed by atoms with van der Waals surface area (Å²) >= 11 is 0. The monoisotopic (exact) mass is 234 g/mol. The number of allylic oxidation sites excluding steroid dienone is 4. The first-order chi connectivity index (χ1) is 7.56. The van der Waals surface area contributed by atoms with Gasteiger partial charge in [-0.2, -0.15) is 0 Å². The fourth-order valence-corrected chi connectivity index (χ4v) is 1.51. The van der Waals surface area contributed by atoms with Crippen LogP contribution in [0.5, 0.6) is 0 Å². The molecule has 0 heterocycles. The summed E-state index contributed by atoms with van der Waals surface area (Å²) < 4.78 is 0. The number of carboxylic acids is 1. The van der Waals surface area contributed by atoms with Crippen molar-refractivity contribution < 1.29 is 9.90 Å². The van der Waals surface area contributed by atoms with Crippen LogP contribution in [0.4, 0.5) is 0 Å². The van der Waals surface area contributed by atoms with Crippen molar-refractivity contribution in [2.75, 3.05) is 0 Å². The van der Waals surface area contributed by atoms with E-state index in [2.05, 4.69) is 39.8 Å². The van der Waals surface area contributed by atoms with Crippen molar-refractivity contribution in [2.45, 2.75) is 34.6 Å². The zero-order chi connectivity index (χ0) is 13.3. The third-order valence-electron chi connectivity index (χ3n) is 3.12.